The van der Waals surface area contributed by atoms with Crippen LogP contribution < -0.4 is 13.6 Å². The second kappa shape index (κ2) is 13.3. The minimum Gasteiger partial charge on any atom is -0.409 e. The molecule has 0 heterocycles. The second-order valence-electron chi connectivity index (χ2n) is 6.52. The lowest BCUT2D eigenvalue weighted by Gasteiger charge is -2.17. The van der Waals surface area contributed by atoms with Gasteiger partial charge in [0.1, 0.15) is 17.2 Å². The van der Waals surface area contributed by atoms with Gasteiger partial charge >= 0.3 is 22.5 Å². The van der Waals surface area contributed by atoms with Crippen molar-refractivity contribution in [3.63, 3.8) is 0 Å². The van der Waals surface area contributed by atoms with Gasteiger partial charge in [0.25, 0.3) is 0 Å². The summed E-state index contributed by atoms with van der Waals surface area (Å²) >= 11 is 0. The molecule has 2 N–H and O–H groups in total. The number of hydrogen-bond donors (Lipinski definition) is 2. The van der Waals surface area contributed by atoms with E-state index in [9.17, 15) is 4.57 Å². The fourth-order valence-electron chi connectivity index (χ4n) is 2.51. The molecule has 2 unspecified atom stereocenters. The molecule has 6 nitrogen and oxygen atoms in total. The lowest BCUT2D eigenvalue weighted by atomic mass is 10.2. The predicted molar refractivity (Wildman–Crippen MR) is 129 cm³/mol. The first-order valence-corrected chi connectivity index (χ1v) is 12.4. The van der Waals surface area contributed by atoms with Crippen LogP contribution in [0.4, 0.5) is 0 Å². The van der Waals surface area contributed by atoms with Crippen molar-refractivity contribution in [3.05, 3.63) is 127 Å². The first kappa shape index (κ1) is 24.4. The predicted octanol–water partition coefficient (Wildman–Crippen LogP) is 6.86. The van der Waals surface area contributed by atoms with Gasteiger partial charge < -0.3 is 18.7 Å². The van der Waals surface area contributed by atoms with E-state index >= 15 is 0 Å². The highest BCUT2D eigenvalue weighted by Crippen LogP contribution is 2.42. The number of rotatable bonds is 8. The molecule has 2 atom stereocenters. The van der Waals surface area contributed by atoms with E-state index in [0.717, 1.165) is 0 Å². The van der Waals surface area contributed by atoms with Crippen LogP contribution in [0.1, 0.15) is 11.4 Å². The SMILES string of the molecule is O=[P+](O)C(O)c1ccccc1.c1ccc(OP(Oc2ccccc2)Oc2ccccc2)cc1. The van der Waals surface area contributed by atoms with E-state index < -0.39 is 22.5 Å². The van der Waals surface area contributed by atoms with Crippen LogP contribution in [0.3, 0.4) is 0 Å². The highest BCUT2D eigenvalue weighted by Gasteiger charge is 2.27. The van der Waals surface area contributed by atoms with Crippen molar-refractivity contribution in [1.29, 1.82) is 0 Å². The van der Waals surface area contributed by atoms with Crippen molar-refractivity contribution in [2.75, 3.05) is 0 Å². The summed E-state index contributed by atoms with van der Waals surface area (Å²) in [7, 11) is -4.12. The zero-order chi connectivity index (χ0) is 23.3. The Morgan fingerprint density at radius 2 is 0.879 bits per heavy atom. The molecule has 0 aromatic heterocycles. The van der Waals surface area contributed by atoms with Crippen LogP contribution in [-0.4, -0.2) is 10.00 Å². The first-order valence-electron chi connectivity index (χ1n) is 9.99. The third-order valence-corrected chi connectivity index (χ3v) is 5.87. The van der Waals surface area contributed by atoms with Gasteiger partial charge in [-0.25, -0.2) is 0 Å². The fraction of sp³-hybridized carbons (Fsp3) is 0.0400. The molecule has 0 spiro atoms. The minimum absolute atomic E-state index is 0.469. The first-order chi connectivity index (χ1) is 16.1. The quantitative estimate of drug-likeness (QED) is 0.268. The monoisotopic (exact) mass is 481 g/mol. The van der Waals surface area contributed by atoms with Crippen LogP contribution in [0.2, 0.25) is 0 Å². The van der Waals surface area contributed by atoms with E-state index in [0.29, 0.717) is 22.8 Å². The number of benzene rings is 4. The van der Waals surface area contributed by atoms with Crippen molar-refractivity contribution in [1.82, 2.24) is 0 Å². The number of para-hydroxylation sites is 3. The molecule has 0 bridgehead atoms. The Hall–Kier alpha value is -3.27. The molecule has 0 saturated heterocycles. The fourth-order valence-corrected chi connectivity index (χ4v) is 3.93. The molecule has 0 fully saturated rings. The summed E-state index contributed by atoms with van der Waals surface area (Å²) in [5.74, 6) is 0.868. The molecule has 0 aliphatic heterocycles. The molecule has 168 valence electrons. The van der Waals surface area contributed by atoms with E-state index in [2.05, 4.69) is 0 Å². The molecule has 0 aliphatic rings. The van der Waals surface area contributed by atoms with Crippen molar-refractivity contribution in [2.45, 2.75) is 5.85 Å². The van der Waals surface area contributed by atoms with Crippen LogP contribution >= 0.6 is 16.6 Å². The summed E-state index contributed by atoms with van der Waals surface area (Å²) in [6, 6.07) is 36.9. The van der Waals surface area contributed by atoms with Gasteiger partial charge in [-0.3, -0.25) is 0 Å². The molecule has 8 heteroatoms. The zero-order valence-corrected chi connectivity index (χ0v) is 19.3. The Balaban J connectivity index is 0.000000235. The Kier molecular flexibility index (Phi) is 9.84. The molecule has 4 aromatic carbocycles. The summed E-state index contributed by atoms with van der Waals surface area (Å²) < 4.78 is 27.9. The van der Waals surface area contributed by atoms with Gasteiger partial charge in [0.2, 0.25) is 0 Å². The molecule has 33 heavy (non-hydrogen) atoms. The third kappa shape index (κ3) is 8.64. The Morgan fingerprint density at radius 3 is 1.18 bits per heavy atom. The van der Waals surface area contributed by atoms with E-state index in [1.54, 1.807) is 30.3 Å². The van der Waals surface area contributed by atoms with Gasteiger partial charge in [0, 0.05) is 5.56 Å². The maximum atomic E-state index is 10.4. The summed E-state index contributed by atoms with van der Waals surface area (Å²) in [5.41, 5.74) is 0.469. The normalized spacial score (nSPS) is 11.5. The van der Waals surface area contributed by atoms with Gasteiger partial charge in [0.15, 0.2) is 0 Å². The lowest BCUT2D eigenvalue weighted by molar-refractivity contribution is 0.243. The molecule has 0 amide bonds. The number of hydrogen-bond acceptors (Lipinski definition) is 5. The van der Waals surface area contributed by atoms with Crippen molar-refractivity contribution < 1.29 is 28.1 Å². The van der Waals surface area contributed by atoms with Crippen LogP contribution in [0, 0.1) is 0 Å². The van der Waals surface area contributed by atoms with Gasteiger partial charge in [-0.05, 0) is 41.0 Å². The lowest BCUT2D eigenvalue weighted by Crippen LogP contribution is -2.02. The Morgan fingerprint density at radius 1 is 0.576 bits per heavy atom. The second-order valence-corrected chi connectivity index (χ2v) is 8.61. The molecule has 4 rings (SSSR count). The molecule has 0 saturated carbocycles. The number of aliphatic hydroxyl groups excluding tert-OH is 1. The summed E-state index contributed by atoms with van der Waals surface area (Å²) in [6.07, 6.45) is 0. The van der Waals surface area contributed by atoms with Gasteiger partial charge in [-0.2, -0.15) is 4.89 Å². The molecular formula is C25H23O6P2+. The van der Waals surface area contributed by atoms with E-state index in [4.69, 9.17) is 23.6 Å². The van der Waals surface area contributed by atoms with Gasteiger partial charge in [-0.15, -0.1) is 0 Å². The summed E-state index contributed by atoms with van der Waals surface area (Å²) in [5, 5.41) is 9.06. The van der Waals surface area contributed by atoms with E-state index in [1.165, 1.54) is 0 Å². The summed E-state index contributed by atoms with van der Waals surface area (Å²) in [4.78, 5) is 8.53. The topological polar surface area (TPSA) is 85.2 Å². The Labute approximate surface area is 194 Å². The molecular weight excluding hydrogens is 458 g/mol. The zero-order valence-electron chi connectivity index (χ0n) is 17.5. The summed E-state index contributed by atoms with van der Waals surface area (Å²) in [6.45, 7) is 0. The van der Waals surface area contributed by atoms with Crippen LogP contribution in [0.5, 0.6) is 17.2 Å². The van der Waals surface area contributed by atoms with Crippen LogP contribution in [0.25, 0.3) is 0 Å². The average molecular weight is 481 g/mol. The van der Waals surface area contributed by atoms with E-state index in [-0.39, 0.29) is 0 Å². The molecule has 0 radical (unpaired) electrons. The Bertz CT molecular complexity index is 984. The minimum atomic E-state index is -2.53. The van der Waals surface area contributed by atoms with Crippen LogP contribution in [-0.2, 0) is 4.57 Å². The molecule has 4 aromatic rings. The standard InChI is InChI=1S/C18H15O3P.C7H7O3P/c1-4-10-16(11-5-1)19-22(20-17-12-6-2-7-13-17)21-18-14-8-3-9-15-18;8-7(11(9)10)6-4-2-1-3-5-6/h1-15H;1-5,7-8H/p+1. The smallest absolute Gasteiger partial charge is 0.409 e. The van der Waals surface area contributed by atoms with Gasteiger partial charge in [0.05, 0.1) is 0 Å². The third-order valence-electron chi connectivity index (χ3n) is 4.08. The van der Waals surface area contributed by atoms with Crippen molar-refractivity contribution in [2.24, 2.45) is 0 Å². The molecule has 0 aliphatic carbocycles. The van der Waals surface area contributed by atoms with Gasteiger partial charge in [-0.1, -0.05) is 84.9 Å². The average Bonchev–Trinajstić information content (AvgIpc) is 2.86. The number of aliphatic hydroxyl groups is 1. The maximum absolute atomic E-state index is 10.4. The van der Waals surface area contributed by atoms with Crippen LogP contribution in [0.15, 0.2) is 121 Å². The largest absolute Gasteiger partial charge is 0.542 e. The highest BCUT2D eigenvalue weighted by atomic mass is 31.2. The maximum Gasteiger partial charge on any atom is 0.542 e. The van der Waals surface area contributed by atoms with Crippen molar-refractivity contribution in [3.8, 4) is 17.2 Å². The van der Waals surface area contributed by atoms with Crippen molar-refractivity contribution >= 4 is 16.6 Å². The van der Waals surface area contributed by atoms with E-state index in [1.807, 2.05) is 91.0 Å². The highest BCUT2D eigenvalue weighted by molar-refractivity contribution is 7.43.